The molecule has 1 unspecified atom stereocenters. The Morgan fingerprint density at radius 3 is 2.68 bits per heavy atom. The number of benzene rings is 1. The molecule has 1 aliphatic heterocycles. The predicted octanol–water partition coefficient (Wildman–Crippen LogP) is 3.65. The minimum atomic E-state index is -0.0281. The smallest absolute Gasteiger partial charge is 0.245 e. The highest BCUT2D eigenvalue weighted by atomic mass is 16.5. The maximum Gasteiger partial charge on any atom is 0.245 e. The van der Waals surface area contributed by atoms with E-state index in [2.05, 4.69) is 33.2 Å². The molecule has 7 heteroatoms. The van der Waals surface area contributed by atoms with E-state index in [0.717, 1.165) is 52.9 Å². The molecule has 3 aromatic rings. The van der Waals surface area contributed by atoms with Crippen molar-refractivity contribution in [2.24, 2.45) is 7.05 Å². The lowest BCUT2D eigenvalue weighted by atomic mass is 9.94. The van der Waals surface area contributed by atoms with Gasteiger partial charge in [-0.1, -0.05) is 18.7 Å². The van der Waals surface area contributed by atoms with Crippen LogP contribution in [0.1, 0.15) is 37.3 Å². The van der Waals surface area contributed by atoms with Crippen LogP contribution in [0, 0.1) is 0 Å². The molecule has 1 saturated heterocycles. The molecule has 0 spiro atoms. The van der Waals surface area contributed by atoms with Crippen molar-refractivity contribution in [1.29, 1.82) is 0 Å². The fourth-order valence-electron chi connectivity index (χ4n) is 4.76. The van der Waals surface area contributed by atoms with Crippen LogP contribution < -0.4 is 10.5 Å². The van der Waals surface area contributed by atoms with Crippen LogP contribution in [0.15, 0.2) is 43.2 Å². The van der Waals surface area contributed by atoms with Crippen LogP contribution in [0.4, 0.5) is 5.82 Å². The summed E-state index contributed by atoms with van der Waals surface area (Å²) in [6, 6.07) is 8.22. The molecule has 2 aromatic heterocycles. The highest BCUT2D eigenvalue weighted by Crippen LogP contribution is 2.42. The molecule has 1 aromatic carbocycles. The quantitative estimate of drug-likeness (QED) is 0.641. The zero-order chi connectivity index (χ0) is 21.5. The molecule has 31 heavy (non-hydrogen) atoms. The van der Waals surface area contributed by atoms with Crippen LogP contribution in [0.3, 0.4) is 0 Å². The first kappa shape index (κ1) is 19.6. The number of aryl methyl sites for hydroxylation is 1. The maximum absolute atomic E-state index is 12.2. The molecule has 160 valence electrons. The zero-order valence-electron chi connectivity index (χ0n) is 17.8. The average Bonchev–Trinajstić information content (AvgIpc) is 3.34. The summed E-state index contributed by atoms with van der Waals surface area (Å²) in [5.41, 5.74) is 10.4. The Labute approximate surface area is 181 Å². The lowest BCUT2D eigenvalue weighted by Gasteiger charge is -2.26. The summed E-state index contributed by atoms with van der Waals surface area (Å²) in [7, 11) is 2.01. The van der Waals surface area contributed by atoms with Gasteiger partial charge in [-0.2, -0.15) is 0 Å². The van der Waals surface area contributed by atoms with E-state index in [4.69, 9.17) is 10.5 Å². The first-order chi connectivity index (χ1) is 15.1. The summed E-state index contributed by atoms with van der Waals surface area (Å²) in [6.07, 6.45) is 7.61. The summed E-state index contributed by atoms with van der Waals surface area (Å²) >= 11 is 0. The SMILES string of the molecule is C=CC(=O)N1CCC(c2c(-c3ccc(OC4CCC4)cc3)c3c(N)ncnc3n2C)C1. The molecule has 1 amide bonds. The fourth-order valence-corrected chi connectivity index (χ4v) is 4.76. The number of ether oxygens (including phenoxy) is 1. The highest BCUT2D eigenvalue weighted by molar-refractivity contribution is 6.02. The molecule has 1 atom stereocenters. The van der Waals surface area contributed by atoms with Crippen molar-refractivity contribution in [1.82, 2.24) is 19.4 Å². The maximum atomic E-state index is 12.2. The van der Waals surface area contributed by atoms with Gasteiger partial charge in [-0.3, -0.25) is 4.79 Å². The number of aromatic nitrogens is 3. The Kier molecular flexibility index (Phi) is 4.88. The molecule has 3 heterocycles. The summed E-state index contributed by atoms with van der Waals surface area (Å²) in [4.78, 5) is 22.8. The first-order valence-electron chi connectivity index (χ1n) is 10.8. The summed E-state index contributed by atoms with van der Waals surface area (Å²) in [5.74, 6) is 1.51. The third-order valence-corrected chi connectivity index (χ3v) is 6.60. The number of fused-ring (bicyclic) bond motifs is 1. The van der Waals surface area contributed by atoms with Gasteiger partial charge in [-0.15, -0.1) is 0 Å². The number of nitrogens with two attached hydrogens (primary N) is 1. The molecule has 1 saturated carbocycles. The Morgan fingerprint density at radius 2 is 2.00 bits per heavy atom. The number of likely N-dealkylation sites (tertiary alicyclic amines) is 1. The molecular formula is C24H27N5O2. The minimum absolute atomic E-state index is 0.0281. The molecular weight excluding hydrogens is 390 g/mol. The summed E-state index contributed by atoms with van der Waals surface area (Å²) in [6.45, 7) is 4.99. The number of hydrogen-bond acceptors (Lipinski definition) is 5. The van der Waals surface area contributed by atoms with Crippen LogP contribution in [0.2, 0.25) is 0 Å². The van der Waals surface area contributed by atoms with Gasteiger partial charge in [-0.05, 0) is 49.5 Å². The summed E-state index contributed by atoms with van der Waals surface area (Å²) in [5, 5.41) is 0.862. The van der Waals surface area contributed by atoms with Gasteiger partial charge in [0.1, 0.15) is 23.5 Å². The van der Waals surface area contributed by atoms with Crippen molar-refractivity contribution in [2.45, 2.75) is 37.7 Å². The highest BCUT2D eigenvalue weighted by Gasteiger charge is 2.32. The standard InChI is InChI=1S/C24H27N5O2/c1-3-19(30)29-12-11-16(13-29)22-20(21-23(25)26-14-27-24(21)28(22)2)15-7-9-18(10-8-15)31-17-5-4-6-17/h3,7-10,14,16-17H,1,4-6,11-13H2,2H3,(H2,25,26,27). The van der Waals surface area contributed by atoms with Gasteiger partial charge in [0.2, 0.25) is 5.91 Å². The van der Waals surface area contributed by atoms with Crippen molar-refractivity contribution in [3.05, 3.63) is 48.9 Å². The normalized spacial score (nSPS) is 18.9. The molecule has 7 nitrogen and oxygen atoms in total. The second-order valence-electron chi connectivity index (χ2n) is 8.45. The van der Waals surface area contributed by atoms with E-state index in [1.54, 1.807) is 0 Å². The second kappa shape index (κ2) is 7.72. The molecule has 2 aliphatic rings. The number of anilines is 1. The minimum Gasteiger partial charge on any atom is -0.490 e. The monoisotopic (exact) mass is 417 g/mol. The lowest BCUT2D eigenvalue weighted by molar-refractivity contribution is -0.125. The van der Waals surface area contributed by atoms with Gasteiger partial charge in [0, 0.05) is 37.3 Å². The van der Waals surface area contributed by atoms with E-state index in [-0.39, 0.29) is 11.8 Å². The number of nitrogen functional groups attached to an aromatic ring is 1. The first-order valence-corrected chi connectivity index (χ1v) is 10.8. The third kappa shape index (κ3) is 3.34. The van der Waals surface area contributed by atoms with E-state index in [0.29, 0.717) is 25.0 Å². The zero-order valence-corrected chi connectivity index (χ0v) is 17.8. The number of hydrogen-bond donors (Lipinski definition) is 1. The van der Waals surface area contributed by atoms with Crippen molar-refractivity contribution >= 4 is 22.8 Å². The number of amides is 1. The largest absolute Gasteiger partial charge is 0.490 e. The van der Waals surface area contributed by atoms with Gasteiger partial charge in [0.05, 0.1) is 11.5 Å². The number of carbonyl (C=O) groups excluding carboxylic acids is 1. The average molecular weight is 418 g/mol. The van der Waals surface area contributed by atoms with E-state index in [9.17, 15) is 4.79 Å². The molecule has 1 aliphatic carbocycles. The Bertz CT molecular complexity index is 1150. The molecule has 5 rings (SSSR count). The molecule has 2 N–H and O–H groups in total. The summed E-state index contributed by atoms with van der Waals surface area (Å²) < 4.78 is 8.14. The van der Waals surface area contributed by atoms with Crippen molar-refractivity contribution < 1.29 is 9.53 Å². The Balaban J connectivity index is 1.58. The van der Waals surface area contributed by atoms with E-state index < -0.39 is 0 Å². The Hall–Kier alpha value is -3.35. The second-order valence-corrected chi connectivity index (χ2v) is 8.45. The molecule has 0 radical (unpaired) electrons. The topological polar surface area (TPSA) is 86.3 Å². The van der Waals surface area contributed by atoms with Crippen molar-refractivity contribution in [3.63, 3.8) is 0 Å². The van der Waals surface area contributed by atoms with Gasteiger partial charge >= 0.3 is 0 Å². The number of nitrogens with zero attached hydrogens (tertiary/aromatic N) is 4. The predicted molar refractivity (Wildman–Crippen MR) is 121 cm³/mol. The van der Waals surface area contributed by atoms with Gasteiger partial charge in [0.25, 0.3) is 0 Å². The van der Waals surface area contributed by atoms with Gasteiger partial charge < -0.3 is 19.9 Å². The van der Waals surface area contributed by atoms with Crippen LogP contribution in [0.5, 0.6) is 5.75 Å². The van der Waals surface area contributed by atoms with Crippen molar-refractivity contribution in [2.75, 3.05) is 18.8 Å². The molecule has 2 fully saturated rings. The Morgan fingerprint density at radius 1 is 1.23 bits per heavy atom. The van der Waals surface area contributed by atoms with Crippen LogP contribution in [0.25, 0.3) is 22.2 Å². The molecule has 0 bridgehead atoms. The van der Waals surface area contributed by atoms with Crippen LogP contribution >= 0.6 is 0 Å². The van der Waals surface area contributed by atoms with Crippen LogP contribution in [-0.2, 0) is 11.8 Å². The fraction of sp³-hybridized carbons (Fsp3) is 0.375. The van der Waals surface area contributed by atoms with E-state index in [1.165, 1.54) is 18.8 Å². The van der Waals surface area contributed by atoms with Gasteiger partial charge in [0.15, 0.2) is 0 Å². The van der Waals surface area contributed by atoms with E-state index >= 15 is 0 Å². The van der Waals surface area contributed by atoms with Gasteiger partial charge in [-0.25, -0.2) is 9.97 Å². The van der Waals surface area contributed by atoms with Crippen molar-refractivity contribution in [3.8, 4) is 16.9 Å². The third-order valence-electron chi connectivity index (χ3n) is 6.60. The number of rotatable bonds is 5. The number of carbonyl (C=O) groups is 1. The lowest BCUT2D eigenvalue weighted by Crippen LogP contribution is -2.26. The van der Waals surface area contributed by atoms with Crippen LogP contribution in [-0.4, -0.2) is 44.5 Å². The van der Waals surface area contributed by atoms with E-state index in [1.807, 2.05) is 24.1 Å².